The lowest BCUT2D eigenvalue weighted by Gasteiger charge is -2.11. The maximum Gasteiger partial charge on any atom is 0.488 e. The zero-order valence-corrected chi connectivity index (χ0v) is 22.3. The number of nitrogen functional groups attached to an aromatic ring is 2. The van der Waals surface area contributed by atoms with Crippen molar-refractivity contribution in [2.24, 2.45) is 0 Å². The summed E-state index contributed by atoms with van der Waals surface area (Å²) in [6, 6.07) is 9.81. The molecule has 0 saturated carbocycles. The number of anilines is 2. The Hall–Kier alpha value is -3.34. The number of fused-ring (bicyclic) bond motifs is 2. The summed E-state index contributed by atoms with van der Waals surface area (Å²) in [6.45, 7) is 0. The summed E-state index contributed by atoms with van der Waals surface area (Å²) >= 11 is 3.23. The van der Waals surface area contributed by atoms with Crippen LogP contribution in [0.5, 0.6) is 0 Å². The van der Waals surface area contributed by atoms with E-state index in [4.69, 9.17) is 21.5 Å². The van der Waals surface area contributed by atoms with E-state index in [0.717, 1.165) is 77.6 Å². The Bertz CT molecular complexity index is 1410. The van der Waals surface area contributed by atoms with Gasteiger partial charge in [0.2, 0.25) is 0 Å². The van der Waals surface area contributed by atoms with E-state index in [1.807, 2.05) is 12.1 Å². The first-order valence-corrected chi connectivity index (χ1v) is 13.1. The lowest BCUT2D eigenvalue weighted by molar-refractivity contribution is 0.425. The van der Waals surface area contributed by atoms with Crippen LogP contribution in [0.4, 0.5) is 20.2 Å². The molecule has 0 atom stereocenters. The van der Waals surface area contributed by atoms with E-state index in [-0.39, 0.29) is 11.6 Å². The molecule has 4 aromatic rings. The molecule has 0 bridgehead atoms. The van der Waals surface area contributed by atoms with Gasteiger partial charge in [0.25, 0.3) is 0 Å². The topological polar surface area (TPSA) is 118 Å². The van der Waals surface area contributed by atoms with Gasteiger partial charge in [-0.3, -0.25) is 9.97 Å². The molecule has 2 aliphatic rings. The van der Waals surface area contributed by atoms with Crippen molar-refractivity contribution < 1.29 is 18.8 Å². The average molecular weight is 581 g/mol. The highest BCUT2D eigenvalue weighted by Gasteiger charge is 2.21. The molecule has 0 unspecified atom stereocenters. The second-order valence-corrected chi connectivity index (χ2v) is 9.94. The highest BCUT2D eigenvalue weighted by Crippen LogP contribution is 2.37. The zero-order chi connectivity index (χ0) is 27.2. The van der Waals surface area contributed by atoms with Crippen LogP contribution in [0, 0.1) is 11.6 Å². The average Bonchev–Trinajstić information content (AvgIpc) is 3.63. The predicted octanol–water partition coefficient (Wildman–Crippen LogP) is 4.38. The SMILES string of the molecule is Nc1c(-c2ccncc2)cc(F)c2c1CCC2.Nc1c(Br)cc(F)c2c1CCC2.OB(O)c1ccncc1. The van der Waals surface area contributed by atoms with E-state index in [0.29, 0.717) is 15.6 Å². The first-order valence-electron chi connectivity index (χ1n) is 12.3. The largest absolute Gasteiger partial charge is 0.488 e. The van der Waals surface area contributed by atoms with Gasteiger partial charge in [0, 0.05) is 46.2 Å². The molecule has 196 valence electrons. The van der Waals surface area contributed by atoms with Crippen molar-refractivity contribution in [1.29, 1.82) is 0 Å². The molecule has 10 heteroatoms. The molecule has 2 heterocycles. The van der Waals surface area contributed by atoms with Crippen molar-refractivity contribution in [3.63, 3.8) is 0 Å². The Kier molecular flexibility index (Phi) is 9.09. The van der Waals surface area contributed by atoms with Gasteiger partial charge in [-0.15, -0.1) is 0 Å². The van der Waals surface area contributed by atoms with E-state index in [2.05, 4.69) is 25.9 Å². The van der Waals surface area contributed by atoms with Crippen molar-refractivity contribution in [1.82, 2.24) is 9.97 Å². The van der Waals surface area contributed by atoms with Gasteiger partial charge in [-0.05, 0) is 124 Å². The molecule has 6 rings (SSSR count). The Morgan fingerprint density at radius 1 is 0.711 bits per heavy atom. The van der Waals surface area contributed by atoms with E-state index < -0.39 is 7.12 Å². The number of nitrogens with two attached hydrogens (primary N) is 2. The first kappa shape index (κ1) is 27.7. The van der Waals surface area contributed by atoms with Crippen LogP contribution in [0.1, 0.15) is 35.1 Å². The van der Waals surface area contributed by atoms with Gasteiger partial charge in [0.05, 0.1) is 0 Å². The molecule has 2 aromatic heterocycles. The van der Waals surface area contributed by atoms with E-state index in [1.165, 1.54) is 18.5 Å². The smallest absolute Gasteiger partial charge is 0.423 e. The summed E-state index contributed by atoms with van der Waals surface area (Å²) in [6.07, 6.45) is 11.9. The summed E-state index contributed by atoms with van der Waals surface area (Å²) < 4.78 is 27.9. The monoisotopic (exact) mass is 580 g/mol. The molecule has 2 aromatic carbocycles. The molecular formula is C28H28BBrF2N4O2. The van der Waals surface area contributed by atoms with Crippen molar-refractivity contribution >= 4 is 39.9 Å². The van der Waals surface area contributed by atoms with Crippen molar-refractivity contribution in [3.8, 4) is 11.1 Å². The van der Waals surface area contributed by atoms with Crippen molar-refractivity contribution in [2.45, 2.75) is 38.5 Å². The Morgan fingerprint density at radius 3 is 1.71 bits per heavy atom. The highest BCUT2D eigenvalue weighted by molar-refractivity contribution is 9.10. The number of nitrogens with zero attached hydrogens (tertiary/aromatic N) is 2. The molecule has 38 heavy (non-hydrogen) atoms. The molecule has 0 amide bonds. The number of rotatable bonds is 2. The standard InChI is InChI=1S/C14H13FN2.C9H9BrFN.C5H6BNO2/c15-13-8-12(9-4-6-17-7-5-9)14(16)11-3-1-2-10(11)13;10-7-4-8(11)5-2-1-3-6(5)9(7)12;8-6(9)5-1-3-7-4-2-5/h4-8H,1-3,16H2;4H,1-3,12H2;1-4,8-9H. The van der Waals surface area contributed by atoms with Crippen molar-refractivity contribution in [3.05, 3.63) is 99.5 Å². The van der Waals surface area contributed by atoms with Gasteiger partial charge in [0.15, 0.2) is 0 Å². The van der Waals surface area contributed by atoms with E-state index in [9.17, 15) is 8.78 Å². The third-order valence-electron chi connectivity index (χ3n) is 6.73. The fourth-order valence-electron chi connectivity index (χ4n) is 4.79. The Labute approximate surface area is 229 Å². The molecule has 0 aliphatic heterocycles. The van der Waals surface area contributed by atoms with Crippen LogP contribution in [0.15, 0.2) is 65.7 Å². The number of pyridine rings is 2. The summed E-state index contributed by atoms with van der Waals surface area (Å²) in [5.41, 5.74) is 19.2. The lowest BCUT2D eigenvalue weighted by atomic mass is 9.81. The predicted molar refractivity (Wildman–Crippen MR) is 151 cm³/mol. The second-order valence-electron chi connectivity index (χ2n) is 9.08. The number of hydrogen-bond acceptors (Lipinski definition) is 6. The molecular weight excluding hydrogens is 553 g/mol. The molecule has 0 fully saturated rings. The van der Waals surface area contributed by atoms with Gasteiger partial charge >= 0.3 is 7.12 Å². The van der Waals surface area contributed by atoms with Crippen LogP contribution in [0.25, 0.3) is 11.1 Å². The van der Waals surface area contributed by atoms with Gasteiger partial charge in [0.1, 0.15) is 11.6 Å². The number of aromatic nitrogens is 2. The molecule has 6 N–H and O–H groups in total. The van der Waals surface area contributed by atoms with Crippen LogP contribution in [0.2, 0.25) is 0 Å². The Balaban J connectivity index is 0.000000141. The highest BCUT2D eigenvalue weighted by atomic mass is 79.9. The van der Waals surface area contributed by atoms with Gasteiger partial charge in [-0.2, -0.15) is 0 Å². The fourth-order valence-corrected chi connectivity index (χ4v) is 5.23. The fraction of sp³-hybridized carbons (Fsp3) is 0.214. The van der Waals surface area contributed by atoms with Crippen LogP contribution >= 0.6 is 15.9 Å². The number of halogens is 3. The molecule has 6 nitrogen and oxygen atoms in total. The van der Waals surface area contributed by atoms with Gasteiger partial charge in [-0.25, -0.2) is 8.78 Å². The third-order valence-corrected chi connectivity index (χ3v) is 7.39. The van der Waals surface area contributed by atoms with Crippen LogP contribution in [-0.4, -0.2) is 27.1 Å². The van der Waals surface area contributed by atoms with Crippen LogP contribution in [-0.2, 0) is 25.7 Å². The summed E-state index contributed by atoms with van der Waals surface area (Å²) in [5.74, 6) is -0.248. The number of hydrogen-bond donors (Lipinski definition) is 4. The summed E-state index contributed by atoms with van der Waals surface area (Å²) in [5, 5.41) is 17.1. The van der Waals surface area contributed by atoms with E-state index in [1.54, 1.807) is 30.6 Å². The molecule has 0 saturated heterocycles. The van der Waals surface area contributed by atoms with Crippen molar-refractivity contribution in [2.75, 3.05) is 11.5 Å². The molecule has 2 aliphatic carbocycles. The molecule has 0 spiro atoms. The quantitative estimate of drug-likeness (QED) is 0.206. The molecule has 0 radical (unpaired) electrons. The minimum absolute atomic E-state index is 0.122. The minimum atomic E-state index is -1.38. The maximum absolute atomic E-state index is 13.9. The van der Waals surface area contributed by atoms with Crippen LogP contribution < -0.4 is 16.9 Å². The van der Waals surface area contributed by atoms with Gasteiger partial charge in [-0.1, -0.05) is 0 Å². The van der Waals surface area contributed by atoms with E-state index >= 15 is 0 Å². The second kappa shape index (κ2) is 12.5. The minimum Gasteiger partial charge on any atom is -0.423 e. The number of benzene rings is 2. The normalized spacial score (nSPS) is 13.0. The zero-order valence-electron chi connectivity index (χ0n) is 20.7. The Morgan fingerprint density at radius 2 is 1.18 bits per heavy atom. The first-order chi connectivity index (χ1) is 18.3. The summed E-state index contributed by atoms with van der Waals surface area (Å²) in [4.78, 5) is 7.67. The lowest BCUT2D eigenvalue weighted by Crippen LogP contribution is -2.29. The van der Waals surface area contributed by atoms with Crippen LogP contribution in [0.3, 0.4) is 0 Å². The van der Waals surface area contributed by atoms with Gasteiger partial charge < -0.3 is 21.5 Å². The maximum atomic E-state index is 13.9. The summed E-state index contributed by atoms with van der Waals surface area (Å²) in [7, 11) is -1.38. The third kappa shape index (κ3) is 6.20.